The average Bonchev–Trinajstić information content (AvgIpc) is 2.04. The predicted molar refractivity (Wildman–Crippen MR) is 51.7 cm³/mol. The van der Waals surface area contributed by atoms with Gasteiger partial charge in [-0.3, -0.25) is 4.57 Å². The first-order chi connectivity index (χ1) is 6.08. The van der Waals surface area contributed by atoms with Gasteiger partial charge in [-0.2, -0.15) is 0 Å². The highest BCUT2D eigenvalue weighted by Gasteiger charge is 2.16. The Labute approximate surface area is 78.9 Å². The monoisotopic (exact) mass is 207 g/mol. The summed E-state index contributed by atoms with van der Waals surface area (Å²) < 4.78 is 10.6. The van der Waals surface area contributed by atoms with Crippen LogP contribution in [0.2, 0.25) is 0 Å². The van der Waals surface area contributed by atoms with Crippen molar-refractivity contribution in [3.05, 3.63) is 0 Å². The summed E-state index contributed by atoms with van der Waals surface area (Å²) in [5.41, 5.74) is 0. The average molecular weight is 207 g/mol. The maximum Gasteiger partial charge on any atom is 0.325 e. The standard InChI is InChI=1S/C8H18NO3P/c10-13(11,12)7-1-2-8-3-5-9-6-4-8/h8-9H,1-7H2,(H2,10,11,12). The Morgan fingerprint density at radius 2 is 1.92 bits per heavy atom. The molecule has 0 aromatic carbocycles. The fourth-order valence-electron chi connectivity index (χ4n) is 1.76. The van der Waals surface area contributed by atoms with Crippen molar-refractivity contribution in [2.75, 3.05) is 19.3 Å². The zero-order valence-electron chi connectivity index (χ0n) is 7.78. The highest BCUT2D eigenvalue weighted by Crippen LogP contribution is 2.36. The van der Waals surface area contributed by atoms with Gasteiger partial charge in [-0.1, -0.05) is 0 Å². The molecule has 0 radical (unpaired) electrons. The van der Waals surface area contributed by atoms with E-state index in [-0.39, 0.29) is 6.16 Å². The molecule has 0 atom stereocenters. The van der Waals surface area contributed by atoms with Gasteiger partial charge in [0.15, 0.2) is 0 Å². The zero-order valence-corrected chi connectivity index (χ0v) is 8.67. The van der Waals surface area contributed by atoms with Crippen LogP contribution in [0.1, 0.15) is 25.7 Å². The van der Waals surface area contributed by atoms with Gasteiger partial charge in [-0.15, -0.1) is 0 Å². The molecular formula is C8H18NO3P. The van der Waals surface area contributed by atoms with E-state index in [4.69, 9.17) is 9.79 Å². The van der Waals surface area contributed by atoms with E-state index in [9.17, 15) is 4.57 Å². The van der Waals surface area contributed by atoms with Crippen LogP contribution < -0.4 is 5.32 Å². The van der Waals surface area contributed by atoms with Crippen molar-refractivity contribution in [3.63, 3.8) is 0 Å². The Balaban J connectivity index is 2.08. The third-order valence-electron chi connectivity index (χ3n) is 2.52. The molecule has 3 N–H and O–H groups in total. The Morgan fingerprint density at radius 3 is 2.46 bits per heavy atom. The third-order valence-corrected chi connectivity index (χ3v) is 3.42. The van der Waals surface area contributed by atoms with Crippen molar-refractivity contribution < 1.29 is 14.4 Å². The molecule has 1 rings (SSSR count). The first-order valence-corrected chi connectivity index (χ1v) is 6.63. The summed E-state index contributed by atoms with van der Waals surface area (Å²) in [4.78, 5) is 17.3. The molecule has 1 aliphatic heterocycles. The van der Waals surface area contributed by atoms with E-state index in [1.54, 1.807) is 0 Å². The minimum atomic E-state index is -3.75. The lowest BCUT2D eigenvalue weighted by Gasteiger charge is -2.22. The molecular weight excluding hydrogens is 189 g/mol. The molecule has 0 amide bonds. The predicted octanol–water partition coefficient (Wildman–Crippen LogP) is 0.944. The first kappa shape index (κ1) is 11.2. The number of nitrogens with one attached hydrogen (secondary N) is 1. The molecule has 1 saturated heterocycles. The molecule has 1 heterocycles. The molecule has 0 aromatic heterocycles. The Hall–Kier alpha value is 0.110. The lowest BCUT2D eigenvalue weighted by molar-refractivity contribution is 0.340. The van der Waals surface area contributed by atoms with Gasteiger partial charge in [-0.25, -0.2) is 0 Å². The molecule has 1 fully saturated rings. The summed E-state index contributed by atoms with van der Waals surface area (Å²) in [6.45, 7) is 2.11. The van der Waals surface area contributed by atoms with Gasteiger partial charge >= 0.3 is 7.60 Å². The van der Waals surface area contributed by atoms with Gasteiger partial charge in [0.2, 0.25) is 0 Å². The van der Waals surface area contributed by atoms with Crippen LogP contribution in [0, 0.1) is 5.92 Å². The second-order valence-electron chi connectivity index (χ2n) is 3.72. The van der Waals surface area contributed by atoms with E-state index in [1.807, 2.05) is 0 Å². The lowest BCUT2D eigenvalue weighted by atomic mass is 9.94. The SMILES string of the molecule is O=P(O)(O)CCCC1CCNCC1. The van der Waals surface area contributed by atoms with Crippen molar-refractivity contribution in [2.24, 2.45) is 5.92 Å². The van der Waals surface area contributed by atoms with Gasteiger partial charge in [-0.05, 0) is 44.7 Å². The summed E-state index contributed by atoms with van der Waals surface area (Å²) >= 11 is 0. The summed E-state index contributed by atoms with van der Waals surface area (Å²) in [6.07, 6.45) is 3.99. The molecule has 0 spiro atoms. The minimum Gasteiger partial charge on any atom is -0.324 e. The van der Waals surface area contributed by atoms with Gasteiger partial charge in [0.25, 0.3) is 0 Å². The molecule has 0 bridgehead atoms. The Bertz CT molecular complexity index is 186. The molecule has 4 nitrogen and oxygen atoms in total. The summed E-state index contributed by atoms with van der Waals surface area (Å²) in [5.74, 6) is 0.674. The normalized spacial score (nSPS) is 20.5. The largest absolute Gasteiger partial charge is 0.325 e. The van der Waals surface area contributed by atoms with Crippen LogP contribution in [0.5, 0.6) is 0 Å². The van der Waals surface area contributed by atoms with Crippen LogP contribution in [0.25, 0.3) is 0 Å². The summed E-state index contributed by atoms with van der Waals surface area (Å²) in [5, 5.41) is 3.27. The van der Waals surface area contributed by atoms with Crippen LogP contribution in [0.4, 0.5) is 0 Å². The van der Waals surface area contributed by atoms with E-state index in [1.165, 1.54) is 0 Å². The number of hydrogen-bond donors (Lipinski definition) is 3. The highest BCUT2D eigenvalue weighted by molar-refractivity contribution is 7.51. The number of piperidine rings is 1. The molecule has 5 heteroatoms. The van der Waals surface area contributed by atoms with Crippen molar-refractivity contribution in [2.45, 2.75) is 25.7 Å². The molecule has 78 valence electrons. The number of hydrogen-bond acceptors (Lipinski definition) is 2. The van der Waals surface area contributed by atoms with Crippen LogP contribution in [0.3, 0.4) is 0 Å². The highest BCUT2D eigenvalue weighted by atomic mass is 31.2. The van der Waals surface area contributed by atoms with Gasteiger partial charge in [0, 0.05) is 6.16 Å². The van der Waals surface area contributed by atoms with Crippen molar-refractivity contribution >= 4 is 7.60 Å². The molecule has 1 aliphatic rings. The topological polar surface area (TPSA) is 69.6 Å². The van der Waals surface area contributed by atoms with E-state index >= 15 is 0 Å². The van der Waals surface area contributed by atoms with Gasteiger partial charge in [0.1, 0.15) is 0 Å². The summed E-state index contributed by atoms with van der Waals surface area (Å²) in [6, 6.07) is 0. The minimum absolute atomic E-state index is 0.0525. The smallest absolute Gasteiger partial charge is 0.324 e. The van der Waals surface area contributed by atoms with Crippen molar-refractivity contribution in [1.82, 2.24) is 5.32 Å². The number of rotatable bonds is 4. The first-order valence-electron chi connectivity index (χ1n) is 4.83. The Kier molecular flexibility index (Phi) is 4.39. The van der Waals surface area contributed by atoms with E-state index < -0.39 is 7.60 Å². The second-order valence-corrected chi connectivity index (χ2v) is 5.50. The maximum atomic E-state index is 10.6. The van der Waals surface area contributed by atoms with Crippen LogP contribution >= 0.6 is 7.60 Å². The third kappa shape index (κ3) is 5.42. The maximum absolute atomic E-state index is 10.6. The molecule has 0 aliphatic carbocycles. The van der Waals surface area contributed by atoms with Crippen LogP contribution in [-0.4, -0.2) is 29.0 Å². The van der Waals surface area contributed by atoms with Crippen molar-refractivity contribution in [1.29, 1.82) is 0 Å². The second kappa shape index (κ2) is 5.11. The summed E-state index contributed by atoms with van der Waals surface area (Å²) in [7, 11) is -3.75. The fourth-order valence-corrected chi connectivity index (χ4v) is 2.35. The van der Waals surface area contributed by atoms with Crippen LogP contribution in [0.15, 0.2) is 0 Å². The lowest BCUT2D eigenvalue weighted by Crippen LogP contribution is -2.27. The molecule has 13 heavy (non-hydrogen) atoms. The fraction of sp³-hybridized carbons (Fsp3) is 1.00. The molecule has 0 unspecified atom stereocenters. The van der Waals surface area contributed by atoms with E-state index in [0.29, 0.717) is 12.3 Å². The molecule has 0 aromatic rings. The van der Waals surface area contributed by atoms with E-state index in [0.717, 1.165) is 32.4 Å². The van der Waals surface area contributed by atoms with Crippen LogP contribution in [-0.2, 0) is 4.57 Å². The van der Waals surface area contributed by atoms with E-state index in [2.05, 4.69) is 5.32 Å². The van der Waals surface area contributed by atoms with Gasteiger partial charge in [0.05, 0.1) is 0 Å². The quantitative estimate of drug-likeness (QED) is 0.600. The zero-order chi connectivity index (χ0) is 9.73. The van der Waals surface area contributed by atoms with Gasteiger partial charge < -0.3 is 15.1 Å². The Morgan fingerprint density at radius 1 is 1.31 bits per heavy atom. The van der Waals surface area contributed by atoms with Crippen molar-refractivity contribution in [3.8, 4) is 0 Å². The molecule has 0 saturated carbocycles.